The van der Waals surface area contributed by atoms with Gasteiger partial charge in [0, 0.05) is 18.6 Å². The van der Waals surface area contributed by atoms with E-state index in [0.717, 1.165) is 25.3 Å². The molecule has 1 N–H and O–H groups in total. The van der Waals surface area contributed by atoms with E-state index in [4.69, 9.17) is 0 Å². The molecule has 2 aliphatic carbocycles. The summed E-state index contributed by atoms with van der Waals surface area (Å²) < 4.78 is 0. The molecule has 3 nitrogen and oxygen atoms in total. The van der Waals surface area contributed by atoms with Crippen molar-refractivity contribution in [1.82, 2.24) is 4.90 Å². The molecular formula is C20H27NO2. The standard InChI is InChI=1S/C20H27NO2/c1-14-20-10-6-5-9-16(20)11-18(17(12-20)19(22)23)21(14)13-15-7-3-2-4-8-15/h2-4,7-8,14,16-18H,5-6,9-13H2,1H3,(H,22,23). The fourth-order valence-electron chi connectivity index (χ4n) is 5.96. The zero-order chi connectivity index (χ0) is 16.0. The van der Waals surface area contributed by atoms with Crippen LogP contribution >= 0.6 is 0 Å². The molecule has 23 heavy (non-hydrogen) atoms. The molecule has 0 radical (unpaired) electrons. The molecule has 5 rings (SSSR count). The summed E-state index contributed by atoms with van der Waals surface area (Å²) in [5, 5.41) is 9.79. The summed E-state index contributed by atoms with van der Waals surface area (Å²) in [4.78, 5) is 14.4. The number of fused-ring (bicyclic) bond motifs is 2. The first-order valence-corrected chi connectivity index (χ1v) is 9.14. The van der Waals surface area contributed by atoms with Crippen LogP contribution in [0.4, 0.5) is 0 Å². The summed E-state index contributed by atoms with van der Waals surface area (Å²) in [7, 11) is 0. The monoisotopic (exact) mass is 313 g/mol. The second-order valence-corrected chi connectivity index (χ2v) is 7.96. The Morgan fingerprint density at radius 3 is 2.83 bits per heavy atom. The van der Waals surface area contributed by atoms with Crippen LogP contribution in [-0.2, 0) is 11.3 Å². The van der Waals surface area contributed by atoms with E-state index in [0.29, 0.717) is 6.04 Å². The Morgan fingerprint density at radius 1 is 1.30 bits per heavy atom. The molecule has 1 spiro atoms. The van der Waals surface area contributed by atoms with Crippen molar-refractivity contribution in [3.63, 3.8) is 0 Å². The number of carbonyl (C=O) groups is 1. The van der Waals surface area contributed by atoms with Crippen LogP contribution in [0.5, 0.6) is 0 Å². The van der Waals surface area contributed by atoms with Crippen molar-refractivity contribution in [2.24, 2.45) is 17.3 Å². The van der Waals surface area contributed by atoms with Crippen molar-refractivity contribution < 1.29 is 9.90 Å². The van der Waals surface area contributed by atoms with Crippen LogP contribution in [-0.4, -0.2) is 28.1 Å². The van der Waals surface area contributed by atoms with E-state index in [2.05, 4.69) is 36.1 Å². The molecule has 1 aromatic rings. The van der Waals surface area contributed by atoms with Crippen molar-refractivity contribution in [3.05, 3.63) is 35.9 Å². The minimum atomic E-state index is -0.580. The number of carboxylic acids is 1. The molecule has 2 saturated carbocycles. The average molecular weight is 313 g/mol. The highest BCUT2D eigenvalue weighted by atomic mass is 16.4. The lowest BCUT2D eigenvalue weighted by Crippen LogP contribution is -2.68. The lowest BCUT2D eigenvalue weighted by molar-refractivity contribution is -0.183. The average Bonchev–Trinajstić information content (AvgIpc) is 2.58. The van der Waals surface area contributed by atoms with Crippen LogP contribution < -0.4 is 0 Å². The van der Waals surface area contributed by atoms with Gasteiger partial charge in [0.05, 0.1) is 5.92 Å². The van der Waals surface area contributed by atoms with Crippen LogP contribution in [0.15, 0.2) is 30.3 Å². The fraction of sp³-hybridized carbons (Fsp3) is 0.650. The molecule has 4 fully saturated rings. The van der Waals surface area contributed by atoms with Gasteiger partial charge >= 0.3 is 5.97 Å². The SMILES string of the molecule is CC1N(Cc2ccccc2)C2CC3CCCCC31CC2C(=O)O. The number of hydrogen-bond acceptors (Lipinski definition) is 2. The third-order valence-corrected chi connectivity index (χ3v) is 7.13. The third-order valence-electron chi connectivity index (χ3n) is 7.13. The molecule has 2 aliphatic heterocycles. The molecule has 2 heterocycles. The predicted molar refractivity (Wildman–Crippen MR) is 90.0 cm³/mol. The molecular weight excluding hydrogens is 286 g/mol. The van der Waals surface area contributed by atoms with Gasteiger partial charge in [-0.3, -0.25) is 9.69 Å². The number of piperidine rings is 2. The summed E-state index contributed by atoms with van der Waals surface area (Å²) in [6.45, 7) is 3.26. The van der Waals surface area contributed by atoms with E-state index in [1.807, 2.05) is 6.07 Å². The summed E-state index contributed by atoms with van der Waals surface area (Å²) in [6.07, 6.45) is 7.14. The lowest BCUT2D eigenvalue weighted by atomic mass is 9.49. The first-order chi connectivity index (χ1) is 11.1. The van der Waals surface area contributed by atoms with Crippen LogP contribution in [0, 0.1) is 17.3 Å². The maximum Gasteiger partial charge on any atom is 0.308 e. The summed E-state index contributed by atoms with van der Waals surface area (Å²) in [5.41, 5.74) is 1.55. The molecule has 1 aromatic carbocycles. The minimum Gasteiger partial charge on any atom is -0.481 e. The number of nitrogens with zero attached hydrogens (tertiary/aromatic N) is 1. The number of hydrogen-bond donors (Lipinski definition) is 1. The van der Waals surface area contributed by atoms with E-state index in [1.165, 1.54) is 31.2 Å². The summed E-state index contributed by atoms with van der Waals surface area (Å²) in [6, 6.07) is 11.3. The van der Waals surface area contributed by atoms with Crippen LogP contribution in [0.25, 0.3) is 0 Å². The molecule has 2 saturated heterocycles. The fourth-order valence-corrected chi connectivity index (χ4v) is 5.96. The Hall–Kier alpha value is -1.35. The highest BCUT2D eigenvalue weighted by Gasteiger charge is 2.60. The van der Waals surface area contributed by atoms with Crippen LogP contribution in [0.1, 0.15) is 51.0 Å². The van der Waals surface area contributed by atoms with E-state index in [9.17, 15) is 9.90 Å². The zero-order valence-corrected chi connectivity index (χ0v) is 13.9. The maximum atomic E-state index is 11.9. The molecule has 4 aliphatic rings. The van der Waals surface area contributed by atoms with Gasteiger partial charge < -0.3 is 5.11 Å². The van der Waals surface area contributed by atoms with Crippen molar-refractivity contribution >= 4 is 5.97 Å². The van der Waals surface area contributed by atoms with E-state index >= 15 is 0 Å². The van der Waals surface area contributed by atoms with Crippen LogP contribution in [0.2, 0.25) is 0 Å². The maximum absolute atomic E-state index is 11.9. The van der Waals surface area contributed by atoms with Gasteiger partial charge in [-0.25, -0.2) is 0 Å². The van der Waals surface area contributed by atoms with E-state index in [1.54, 1.807) is 0 Å². The van der Waals surface area contributed by atoms with Crippen molar-refractivity contribution in [2.75, 3.05) is 0 Å². The highest BCUT2D eigenvalue weighted by Crippen LogP contribution is 2.60. The normalized spacial score (nSPS) is 39.9. The number of rotatable bonds is 3. The Bertz CT molecular complexity index is 587. The third kappa shape index (κ3) is 2.32. The Kier molecular flexibility index (Phi) is 3.72. The Balaban J connectivity index is 1.68. The first-order valence-electron chi connectivity index (χ1n) is 9.14. The molecule has 124 valence electrons. The number of carboxylic acid groups (broad SMARTS) is 1. The minimum absolute atomic E-state index is 0.177. The van der Waals surface area contributed by atoms with Crippen molar-refractivity contribution in [1.29, 1.82) is 0 Å². The zero-order valence-electron chi connectivity index (χ0n) is 13.9. The van der Waals surface area contributed by atoms with Gasteiger partial charge in [-0.05, 0) is 49.5 Å². The van der Waals surface area contributed by atoms with Crippen LogP contribution in [0.3, 0.4) is 0 Å². The molecule has 0 amide bonds. The van der Waals surface area contributed by atoms with E-state index < -0.39 is 5.97 Å². The van der Waals surface area contributed by atoms with Gasteiger partial charge in [0.15, 0.2) is 0 Å². The number of aliphatic carboxylic acids is 1. The van der Waals surface area contributed by atoms with Crippen molar-refractivity contribution in [3.8, 4) is 0 Å². The van der Waals surface area contributed by atoms with Gasteiger partial charge in [0.25, 0.3) is 0 Å². The molecule has 0 aromatic heterocycles. The second kappa shape index (κ2) is 5.62. The van der Waals surface area contributed by atoms with E-state index in [-0.39, 0.29) is 17.4 Å². The second-order valence-electron chi connectivity index (χ2n) is 7.96. The van der Waals surface area contributed by atoms with Gasteiger partial charge in [-0.1, -0.05) is 43.2 Å². The van der Waals surface area contributed by atoms with Gasteiger partial charge in [-0.15, -0.1) is 0 Å². The predicted octanol–water partition coefficient (Wildman–Crippen LogP) is 3.93. The summed E-state index contributed by atoms with van der Waals surface area (Å²) >= 11 is 0. The Morgan fingerprint density at radius 2 is 2.09 bits per heavy atom. The smallest absolute Gasteiger partial charge is 0.308 e. The summed E-state index contributed by atoms with van der Waals surface area (Å²) in [5.74, 6) is -0.00787. The molecule has 2 bridgehead atoms. The topological polar surface area (TPSA) is 40.5 Å². The quantitative estimate of drug-likeness (QED) is 0.919. The van der Waals surface area contributed by atoms with Gasteiger partial charge in [0.2, 0.25) is 0 Å². The Labute approximate surface area is 138 Å². The van der Waals surface area contributed by atoms with Crippen molar-refractivity contribution in [2.45, 2.75) is 64.1 Å². The molecule has 5 atom stereocenters. The van der Waals surface area contributed by atoms with Gasteiger partial charge in [0.1, 0.15) is 0 Å². The molecule has 5 unspecified atom stereocenters. The van der Waals surface area contributed by atoms with Gasteiger partial charge in [-0.2, -0.15) is 0 Å². The lowest BCUT2D eigenvalue weighted by Gasteiger charge is -2.65. The number of benzene rings is 1. The highest BCUT2D eigenvalue weighted by molar-refractivity contribution is 5.71. The largest absolute Gasteiger partial charge is 0.481 e. The first kappa shape index (κ1) is 15.2. The molecule has 3 heteroatoms.